The van der Waals surface area contributed by atoms with Gasteiger partial charge in [0.15, 0.2) is 0 Å². The predicted molar refractivity (Wildman–Crippen MR) is 82.8 cm³/mol. The maximum absolute atomic E-state index is 4.94. The lowest BCUT2D eigenvalue weighted by Gasteiger charge is -2.30. The van der Waals surface area contributed by atoms with Crippen molar-refractivity contribution in [3.8, 4) is 0 Å². The van der Waals surface area contributed by atoms with Gasteiger partial charge < -0.3 is 9.88 Å². The molecule has 2 heterocycles. The Morgan fingerprint density at radius 1 is 1.30 bits per heavy atom. The van der Waals surface area contributed by atoms with E-state index in [9.17, 15) is 0 Å². The summed E-state index contributed by atoms with van der Waals surface area (Å²) in [4.78, 5) is 4.94. The van der Waals surface area contributed by atoms with Crippen LogP contribution in [-0.2, 0) is 19.5 Å². The van der Waals surface area contributed by atoms with Crippen molar-refractivity contribution >= 4 is 0 Å². The fourth-order valence-corrected chi connectivity index (χ4v) is 3.93. The average molecular weight is 275 g/mol. The van der Waals surface area contributed by atoms with Crippen LogP contribution in [0, 0.1) is 11.8 Å². The molecule has 1 N–H and O–H groups in total. The van der Waals surface area contributed by atoms with Crippen molar-refractivity contribution in [1.29, 1.82) is 0 Å². The molecule has 2 aliphatic rings. The normalized spacial score (nSPS) is 26.8. The molecular formula is C17H29N3. The molecule has 2 unspecified atom stereocenters. The van der Waals surface area contributed by atoms with Gasteiger partial charge in [0, 0.05) is 37.7 Å². The molecular weight excluding hydrogens is 246 g/mol. The van der Waals surface area contributed by atoms with Crippen LogP contribution in [0.1, 0.15) is 69.6 Å². The molecule has 3 rings (SSSR count). The van der Waals surface area contributed by atoms with E-state index in [1.807, 2.05) is 0 Å². The molecule has 0 radical (unpaired) electrons. The van der Waals surface area contributed by atoms with Crippen LogP contribution < -0.4 is 5.32 Å². The molecule has 1 aliphatic carbocycles. The van der Waals surface area contributed by atoms with E-state index in [2.05, 4.69) is 30.7 Å². The van der Waals surface area contributed by atoms with Crippen LogP contribution in [0.3, 0.4) is 0 Å². The highest BCUT2D eigenvalue weighted by Gasteiger charge is 2.26. The molecule has 3 heteroatoms. The van der Waals surface area contributed by atoms with Gasteiger partial charge in [0.25, 0.3) is 0 Å². The van der Waals surface area contributed by atoms with Gasteiger partial charge in [-0.25, -0.2) is 4.98 Å². The Bertz CT molecular complexity index is 461. The number of hydrogen-bond donors (Lipinski definition) is 1. The van der Waals surface area contributed by atoms with Crippen LogP contribution in [0.5, 0.6) is 0 Å². The highest BCUT2D eigenvalue weighted by atomic mass is 15.1. The van der Waals surface area contributed by atoms with Crippen molar-refractivity contribution < 1.29 is 0 Å². The van der Waals surface area contributed by atoms with Crippen LogP contribution in [-0.4, -0.2) is 16.1 Å². The van der Waals surface area contributed by atoms with Gasteiger partial charge in [-0.15, -0.1) is 0 Å². The second kappa shape index (κ2) is 5.88. The van der Waals surface area contributed by atoms with E-state index in [0.717, 1.165) is 31.3 Å². The van der Waals surface area contributed by atoms with Gasteiger partial charge >= 0.3 is 0 Å². The summed E-state index contributed by atoms with van der Waals surface area (Å²) in [5, 5.41) is 3.46. The third-order valence-electron chi connectivity index (χ3n) is 5.24. The summed E-state index contributed by atoms with van der Waals surface area (Å²) < 4.78 is 2.59. The Morgan fingerprint density at radius 3 is 2.85 bits per heavy atom. The number of nitrogens with zero attached hydrogens (tertiary/aromatic N) is 2. The molecule has 0 saturated heterocycles. The number of nitrogens with one attached hydrogen (secondary N) is 1. The summed E-state index contributed by atoms with van der Waals surface area (Å²) >= 11 is 0. The highest BCUT2D eigenvalue weighted by Crippen LogP contribution is 2.33. The van der Waals surface area contributed by atoms with Gasteiger partial charge in [-0.1, -0.05) is 40.0 Å². The zero-order valence-corrected chi connectivity index (χ0v) is 13.3. The van der Waals surface area contributed by atoms with Gasteiger partial charge in [-0.3, -0.25) is 0 Å². The van der Waals surface area contributed by atoms with Gasteiger partial charge in [-0.05, 0) is 18.3 Å². The van der Waals surface area contributed by atoms with E-state index in [4.69, 9.17) is 4.98 Å². The van der Waals surface area contributed by atoms with E-state index in [-0.39, 0.29) is 0 Å². The fourth-order valence-electron chi connectivity index (χ4n) is 3.93. The molecule has 1 aromatic rings. The van der Waals surface area contributed by atoms with E-state index in [1.165, 1.54) is 49.4 Å². The monoisotopic (exact) mass is 275 g/mol. The largest absolute Gasteiger partial charge is 0.331 e. The van der Waals surface area contributed by atoms with Crippen LogP contribution in [0.15, 0.2) is 0 Å². The Balaban J connectivity index is 1.88. The van der Waals surface area contributed by atoms with Crippen molar-refractivity contribution in [2.75, 3.05) is 6.54 Å². The van der Waals surface area contributed by atoms with Crippen LogP contribution in [0.25, 0.3) is 0 Å². The fraction of sp³-hybridized carbons (Fsp3) is 0.824. The smallest absolute Gasteiger partial charge is 0.111 e. The SMILES string of the molecule is CC(C)c1nc2c(n1CC1CCCCC1C)CCNC2. The molecule has 0 spiro atoms. The topological polar surface area (TPSA) is 29.9 Å². The van der Waals surface area contributed by atoms with Gasteiger partial charge in [0.2, 0.25) is 0 Å². The molecule has 3 nitrogen and oxygen atoms in total. The summed E-state index contributed by atoms with van der Waals surface area (Å²) in [5.41, 5.74) is 2.83. The lowest BCUT2D eigenvalue weighted by molar-refractivity contribution is 0.224. The molecule has 2 atom stereocenters. The quantitative estimate of drug-likeness (QED) is 0.915. The molecule has 1 aromatic heterocycles. The number of hydrogen-bond acceptors (Lipinski definition) is 2. The number of rotatable bonds is 3. The lowest BCUT2D eigenvalue weighted by Crippen LogP contribution is -2.28. The first-order valence-corrected chi connectivity index (χ1v) is 8.45. The third-order valence-corrected chi connectivity index (χ3v) is 5.24. The predicted octanol–water partition coefficient (Wildman–Crippen LogP) is 3.48. The maximum atomic E-state index is 4.94. The van der Waals surface area contributed by atoms with E-state index in [0.29, 0.717) is 5.92 Å². The van der Waals surface area contributed by atoms with Crippen LogP contribution in [0.4, 0.5) is 0 Å². The third kappa shape index (κ3) is 2.65. The molecule has 20 heavy (non-hydrogen) atoms. The highest BCUT2D eigenvalue weighted by molar-refractivity contribution is 5.22. The minimum absolute atomic E-state index is 0.527. The Hall–Kier alpha value is -0.830. The van der Waals surface area contributed by atoms with Crippen molar-refractivity contribution in [2.24, 2.45) is 11.8 Å². The minimum atomic E-state index is 0.527. The summed E-state index contributed by atoms with van der Waals surface area (Å²) in [5.74, 6) is 3.58. The standard InChI is InChI=1S/C17H29N3/c1-12(2)17-19-15-10-18-9-8-16(15)20(17)11-14-7-5-4-6-13(14)3/h12-14,18H,4-11H2,1-3H3. The summed E-state index contributed by atoms with van der Waals surface area (Å²) in [6, 6.07) is 0. The molecule has 0 bridgehead atoms. The van der Waals surface area contributed by atoms with Gasteiger partial charge in [0.1, 0.15) is 5.82 Å². The lowest BCUT2D eigenvalue weighted by atomic mass is 9.80. The Morgan fingerprint density at radius 2 is 2.10 bits per heavy atom. The zero-order valence-electron chi connectivity index (χ0n) is 13.3. The number of imidazole rings is 1. The Labute approximate surface area is 123 Å². The molecule has 112 valence electrons. The average Bonchev–Trinajstić information content (AvgIpc) is 2.81. The van der Waals surface area contributed by atoms with Crippen molar-refractivity contribution in [2.45, 2.75) is 71.9 Å². The number of aromatic nitrogens is 2. The van der Waals surface area contributed by atoms with E-state index >= 15 is 0 Å². The van der Waals surface area contributed by atoms with Crippen molar-refractivity contribution in [3.05, 3.63) is 17.2 Å². The van der Waals surface area contributed by atoms with Gasteiger partial charge in [-0.2, -0.15) is 0 Å². The first kappa shape index (κ1) is 14.1. The summed E-state index contributed by atoms with van der Waals surface area (Å²) in [7, 11) is 0. The van der Waals surface area contributed by atoms with Crippen molar-refractivity contribution in [3.63, 3.8) is 0 Å². The van der Waals surface area contributed by atoms with E-state index < -0.39 is 0 Å². The summed E-state index contributed by atoms with van der Waals surface area (Å²) in [6.07, 6.45) is 6.82. The second-order valence-corrected chi connectivity index (χ2v) is 7.08. The minimum Gasteiger partial charge on any atom is -0.331 e. The maximum Gasteiger partial charge on any atom is 0.111 e. The second-order valence-electron chi connectivity index (χ2n) is 7.08. The molecule has 1 fully saturated rings. The Kier molecular flexibility index (Phi) is 4.16. The van der Waals surface area contributed by atoms with Crippen LogP contribution in [0.2, 0.25) is 0 Å². The zero-order chi connectivity index (χ0) is 14.1. The first-order valence-electron chi connectivity index (χ1n) is 8.45. The molecule has 1 saturated carbocycles. The van der Waals surface area contributed by atoms with Crippen molar-refractivity contribution in [1.82, 2.24) is 14.9 Å². The van der Waals surface area contributed by atoms with Crippen LogP contribution >= 0.6 is 0 Å². The first-order chi connectivity index (χ1) is 9.66. The molecule has 0 amide bonds. The molecule has 0 aromatic carbocycles. The van der Waals surface area contributed by atoms with Gasteiger partial charge in [0.05, 0.1) is 5.69 Å². The summed E-state index contributed by atoms with van der Waals surface area (Å²) in [6.45, 7) is 10.3. The molecule has 1 aliphatic heterocycles. The number of fused-ring (bicyclic) bond motifs is 1. The van der Waals surface area contributed by atoms with E-state index in [1.54, 1.807) is 0 Å².